The van der Waals surface area contributed by atoms with Gasteiger partial charge in [0.05, 0.1) is 0 Å². The summed E-state index contributed by atoms with van der Waals surface area (Å²) in [6.07, 6.45) is 3.96. The number of rotatable bonds is 15. The first-order valence-corrected chi connectivity index (χ1v) is 15.2. The third-order valence-corrected chi connectivity index (χ3v) is 7.17. The summed E-state index contributed by atoms with van der Waals surface area (Å²) in [5, 5.41) is 36.2. The SMILES string of the molecule is O=C(O)/C=C/c1ccccc1Cc1cc(Cl)ccc1OCC(=O)O.O=C(O)CCc1ccccc1Cc1cc(Cl)ccc1OCC(=O)O. The Labute approximate surface area is 286 Å². The Kier molecular flexibility index (Phi) is 14.5. The molecule has 0 aliphatic carbocycles. The molecule has 0 amide bonds. The highest BCUT2D eigenvalue weighted by molar-refractivity contribution is 6.31. The number of carboxylic acid groups (broad SMARTS) is 4. The van der Waals surface area contributed by atoms with Gasteiger partial charge in [-0.15, -0.1) is 0 Å². The maximum Gasteiger partial charge on any atom is 0.341 e. The van der Waals surface area contributed by atoms with E-state index in [1.54, 1.807) is 42.5 Å². The minimum atomic E-state index is -1.07. The lowest BCUT2D eigenvalue weighted by molar-refractivity contribution is -0.140. The molecule has 4 N–H and O–H groups in total. The van der Waals surface area contributed by atoms with Crippen LogP contribution >= 0.6 is 23.2 Å². The van der Waals surface area contributed by atoms with Crippen LogP contribution < -0.4 is 9.47 Å². The second-order valence-electron chi connectivity index (χ2n) is 10.3. The van der Waals surface area contributed by atoms with E-state index in [1.807, 2.05) is 42.5 Å². The van der Waals surface area contributed by atoms with Crippen molar-refractivity contribution >= 4 is 53.2 Å². The van der Waals surface area contributed by atoms with Crippen LogP contribution in [0.4, 0.5) is 0 Å². The number of carboxylic acids is 4. The maximum absolute atomic E-state index is 10.8. The van der Waals surface area contributed by atoms with Crippen LogP contribution in [0.5, 0.6) is 11.5 Å². The Hall–Kier alpha value is -5.32. The lowest BCUT2D eigenvalue weighted by atomic mass is 9.96. The highest BCUT2D eigenvalue weighted by Gasteiger charge is 2.12. The zero-order chi connectivity index (χ0) is 35.1. The van der Waals surface area contributed by atoms with E-state index in [4.69, 9.17) is 53.1 Å². The molecule has 0 bridgehead atoms. The first-order chi connectivity index (χ1) is 22.9. The van der Waals surface area contributed by atoms with Gasteiger partial charge in [0, 0.05) is 46.5 Å². The van der Waals surface area contributed by atoms with Gasteiger partial charge < -0.3 is 29.9 Å². The normalized spacial score (nSPS) is 10.5. The fraction of sp³-hybridized carbons (Fsp3) is 0.167. The van der Waals surface area contributed by atoms with Crippen molar-refractivity contribution in [3.8, 4) is 11.5 Å². The van der Waals surface area contributed by atoms with E-state index >= 15 is 0 Å². The molecule has 0 aromatic heterocycles. The van der Waals surface area contributed by atoms with Gasteiger partial charge in [0.25, 0.3) is 0 Å². The molecule has 0 spiro atoms. The van der Waals surface area contributed by atoms with Crippen molar-refractivity contribution in [2.75, 3.05) is 13.2 Å². The number of ether oxygens (including phenoxy) is 2. The third-order valence-electron chi connectivity index (χ3n) is 6.70. The Bertz CT molecular complexity index is 1780. The maximum atomic E-state index is 10.8. The predicted octanol–water partition coefficient (Wildman–Crippen LogP) is 6.90. The number of halogens is 2. The summed E-state index contributed by atoms with van der Waals surface area (Å²) in [6.45, 7) is -0.884. The molecule has 0 aliphatic rings. The highest BCUT2D eigenvalue weighted by Crippen LogP contribution is 2.28. The first kappa shape index (κ1) is 37.1. The molecule has 10 nitrogen and oxygen atoms in total. The van der Waals surface area contributed by atoms with Crippen molar-refractivity contribution in [3.63, 3.8) is 0 Å². The smallest absolute Gasteiger partial charge is 0.341 e. The van der Waals surface area contributed by atoms with Crippen LogP contribution in [0.1, 0.15) is 39.8 Å². The molecule has 0 saturated carbocycles. The second kappa shape index (κ2) is 18.7. The van der Waals surface area contributed by atoms with E-state index in [2.05, 4.69) is 0 Å². The van der Waals surface area contributed by atoms with Gasteiger partial charge in [0.1, 0.15) is 11.5 Å². The number of aryl methyl sites for hydroxylation is 1. The van der Waals surface area contributed by atoms with Crippen molar-refractivity contribution in [1.29, 1.82) is 0 Å². The molecule has 0 atom stereocenters. The summed E-state index contributed by atoms with van der Waals surface area (Å²) in [7, 11) is 0. The first-order valence-electron chi connectivity index (χ1n) is 14.4. The lowest BCUT2D eigenvalue weighted by Crippen LogP contribution is -2.11. The molecule has 0 saturated heterocycles. The number of hydrogen-bond donors (Lipinski definition) is 4. The molecule has 4 aromatic carbocycles. The summed E-state index contributed by atoms with van der Waals surface area (Å²) >= 11 is 12.1. The highest BCUT2D eigenvalue weighted by atomic mass is 35.5. The van der Waals surface area contributed by atoms with E-state index < -0.39 is 37.1 Å². The van der Waals surface area contributed by atoms with Crippen LogP contribution in [0.15, 0.2) is 91.0 Å². The number of hydrogen-bond acceptors (Lipinski definition) is 6. The Morgan fingerprint density at radius 1 is 0.583 bits per heavy atom. The van der Waals surface area contributed by atoms with Crippen molar-refractivity contribution in [2.24, 2.45) is 0 Å². The summed E-state index contributed by atoms with van der Waals surface area (Å²) < 4.78 is 10.6. The molecule has 4 aromatic rings. The number of aliphatic carboxylic acids is 4. The van der Waals surface area contributed by atoms with Crippen LogP contribution in [-0.4, -0.2) is 57.5 Å². The summed E-state index contributed by atoms with van der Waals surface area (Å²) in [6, 6.07) is 24.8. The standard InChI is InChI=1S/C18H17ClO5.C18H15ClO5/c2*19-15-6-7-16(24-11-18(22)23)14(10-15)9-13-4-2-1-3-12(13)5-8-17(20)21/h1-4,6-7,10H,5,8-9,11H2,(H,20,21)(H,22,23);1-8,10H,9,11H2,(H,20,21)(H,22,23)/b;8-5+. The van der Waals surface area contributed by atoms with Crippen LogP contribution in [0.25, 0.3) is 6.08 Å². The zero-order valence-electron chi connectivity index (χ0n) is 25.5. The molecule has 4 rings (SSSR count). The average molecular weight is 696 g/mol. The minimum absolute atomic E-state index is 0.0505. The molecule has 0 heterocycles. The molecule has 0 aliphatic heterocycles. The molecule has 48 heavy (non-hydrogen) atoms. The number of benzene rings is 4. The summed E-state index contributed by atoms with van der Waals surface area (Å²) in [5.74, 6) is -3.12. The molecule has 12 heteroatoms. The summed E-state index contributed by atoms with van der Waals surface area (Å²) in [5.41, 5.74) is 5.00. The van der Waals surface area contributed by atoms with Crippen molar-refractivity contribution < 1.29 is 49.1 Å². The molecule has 0 fully saturated rings. The van der Waals surface area contributed by atoms with E-state index in [-0.39, 0.29) is 6.42 Å². The molecular weight excluding hydrogens is 663 g/mol. The van der Waals surface area contributed by atoms with Gasteiger partial charge in [-0.05, 0) is 71.1 Å². The van der Waals surface area contributed by atoms with E-state index in [0.717, 1.165) is 39.5 Å². The van der Waals surface area contributed by atoms with Gasteiger partial charge in [-0.3, -0.25) is 4.79 Å². The Morgan fingerprint density at radius 2 is 1.06 bits per heavy atom. The van der Waals surface area contributed by atoms with E-state index in [0.29, 0.717) is 40.8 Å². The molecule has 250 valence electrons. The molecular formula is C36H32Cl2O10. The van der Waals surface area contributed by atoms with Gasteiger partial charge >= 0.3 is 23.9 Å². The second-order valence-corrected chi connectivity index (χ2v) is 11.1. The summed E-state index contributed by atoms with van der Waals surface area (Å²) in [4.78, 5) is 42.9. The fourth-order valence-electron chi connectivity index (χ4n) is 4.58. The quantitative estimate of drug-likeness (QED) is 0.0961. The van der Waals surface area contributed by atoms with Gasteiger partial charge in [-0.1, -0.05) is 71.7 Å². The van der Waals surface area contributed by atoms with Crippen molar-refractivity contribution in [1.82, 2.24) is 0 Å². The van der Waals surface area contributed by atoms with Crippen LogP contribution in [0, 0.1) is 0 Å². The van der Waals surface area contributed by atoms with Gasteiger partial charge in [0.2, 0.25) is 0 Å². The predicted molar refractivity (Wildman–Crippen MR) is 180 cm³/mol. The van der Waals surface area contributed by atoms with Crippen molar-refractivity contribution in [3.05, 3.63) is 134 Å². The molecule has 0 radical (unpaired) electrons. The van der Waals surface area contributed by atoms with Crippen molar-refractivity contribution in [2.45, 2.75) is 25.7 Å². The average Bonchev–Trinajstić information content (AvgIpc) is 3.03. The minimum Gasteiger partial charge on any atom is -0.482 e. The third kappa shape index (κ3) is 12.8. The zero-order valence-corrected chi connectivity index (χ0v) is 27.0. The largest absolute Gasteiger partial charge is 0.482 e. The van der Waals surface area contributed by atoms with Crippen LogP contribution in [-0.2, 0) is 38.4 Å². The lowest BCUT2D eigenvalue weighted by Gasteiger charge is -2.13. The Balaban J connectivity index is 0.000000260. The van der Waals surface area contributed by atoms with E-state index in [1.165, 1.54) is 6.08 Å². The number of carbonyl (C=O) groups is 4. The Morgan fingerprint density at radius 3 is 1.56 bits per heavy atom. The van der Waals surface area contributed by atoms with Crippen LogP contribution in [0.2, 0.25) is 10.0 Å². The monoisotopic (exact) mass is 694 g/mol. The van der Waals surface area contributed by atoms with Gasteiger partial charge in [0.15, 0.2) is 13.2 Å². The van der Waals surface area contributed by atoms with Crippen LogP contribution in [0.3, 0.4) is 0 Å². The molecule has 0 unspecified atom stereocenters. The van der Waals surface area contributed by atoms with E-state index in [9.17, 15) is 19.2 Å². The topological polar surface area (TPSA) is 168 Å². The fourth-order valence-corrected chi connectivity index (χ4v) is 4.97. The van der Waals surface area contributed by atoms with Gasteiger partial charge in [-0.2, -0.15) is 0 Å². The van der Waals surface area contributed by atoms with Gasteiger partial charge in [-0.25, -0.2) is 14.4 Å².